The first-order chi connectivity index (χ1) is 16.5. The van der Waals surface area contributed by atoms with E-state index in [-0.39, 0.29) is 18.1 Å². The molecule has 3 atom stereocenters. The van der Waals surface area contributed by atoms with Crippen molar-refractivity contribution in [3.63, 3.8) is 0 Å². The third-order valence-electron chi connectivity index (χ3n) is 7.97. The molecule has 0 spiro atoms. The van der Waals surface area contributed by atoms with Crippen LogP contribution < -0.4 is 5.32 Å². The molecule has 0 aliphatic heterocycles. The summed E-state index contributed by atoms with van der Waals surface area (Å²) in [7, 11) is 0. The Morgan fingerprint density at radius 3 is 2.44 bits per heavy atom. The quantitative estimate of drug-likeness (QED) is 0.239. The molecule has 0 saturated heterocycles. The molecule has 34 heavy (non-hydrogen) atoms. The summed E-state index contributed by atoms with van der Waals surface area (Å²) in [6.45, 7) is 6.25. The van der Waals surface area contributed by atoms with Gasteiger partial charge in [0, 0.05) is 19.1 Å². The van der Waals surface area contributed by atoms with Gasteiger partial charge in [0.1, 0.15) is 0 Å². The Kier molecular flexibility index (Phi) is 14.6. The maximum atomic E-state index is 13.0. The van der Waals surface area contributed by atoms with Gasteiger partial charge in [0.15, 0.2) is 0 Å². The summed E-state index contributed by atoms with van der Waals surface area (Å²) in [5.41, 5.74) is 0. The van der Waals surface area contributed by atoms with Crippen LogP contribution in [0.1, 0.15) is 123 Å². The van der Waals surface area contributed by atoms with Gasteiger partial charge in [-0.05, 0) is 57.3 Å². The maximum Gasteiger partial charge on any atom is 0.317 e. The number of rotatable bonds is 16. The van der Waals surface area contributed by atoms with Crippen molar-refractivity contribution in [2.45, 2.75) is 135 Å². The molecule has 1 unspecified atom stereocenters. The van der Waals surface area contributed by atoms with Gasteiger partial charge in [0.05, 0.1) is 18.6 Å². The minimum absolute atomic E-state index is 0.0896. The van der Waals surface area contributed by atoms with Crippen LogP contribution in [0, 0.1) is 11.8 Å². The Morgan fingerprint density at radius 2 is 1.74 bits per heavy atom. The van der Waals surface area contributed by atoms with E-state index in [0.29, 0.717) is 31.5 Å². The standard InChI is InChI=1S/C28H52N2O4/c1-3-5-6-7-11-19-30(28(33)29-25-14-9-8-10-15-25)20-21-34-26-16-12-13-23(22-26)17-18-24(4-2)27(31)32/h23-26H,3-22H2,1-2H3,(H,29,33)(H,31,32)/t23-,24?,26-/m1/s1. The van der Waals surface area contributed by atoms with E-state index in [9.17, 15) is 14.7 Å². The van der Waals surface area contributed by atoms with Crippen molar-refractivity contribution in [3.05, 3.63) is 0 Å². The second-order valence-corrected chi connectivity index (χ2v) is 10.7. The lowest BCUT2D eigenvalue weighted by molar-refractivity contribution is -0.142. The van der Waals surface area contributed by atoms with Crippen LogP contribution >= 0.6 is 0 Å². The Morgan fingerprint density at radius 1 is 0.971 bits per heavy atom. The summed E-state index contributed by atoms with van der Waals surface area (Å²) in [4.78, 5) is 26.3. The van der Waals surface area contributed by atoms with Crippen molar-refractivity contribution >= 4 is 12.0 Å². The number of carbonyl (C=O) groups excluding carboxylic acids is 1. The summed E-state index contributed by atoms with van der Waals surface area (Å²) in [5, 5.41) is 12.6. The van der Waals surface area contributed by atoms with E-state index in [4.69, 9.17) is 4.74 Å². The Labute approximate surface area is 208 Å². The molecule has 198 valence electrons. The highest BCUT2D eigenvalue weighted by atomic mass is 16.5. The lowest BCUT2D eigenvalue weighted by Gasteiger charge is -2.31. The number of nitrogens with zero attached hydrogens (tertiary/aromatic N) is 1. The third-order valence-corrected chi connectivity index (χ3v) is 7.97. The zero-order chi connectivity index (χ0) is 24.6. The minimum atomic E-state index is -0.660. The fourth-order valence-corrected chi connectivity index (χ4v) is 5.66. The predicted molar refractivity (Wildman–Crippen MR) is 138 cm³/mol. The number of carboxylic acid groups (broad SMARTS) is 1. The van der Waals surface area contributed by atoms with Crippen LogP contribution in [0.25, 0.3) is 0 Å². The van der Waals surface area contributed by atoms with Crippen molar-refractivity contribution in [2.75, 3.05) is 19.7 Å². The van der Waals surface area contributed by atoms with Crippen LogP contribution in [-0.4, -0.2) is 53.8 Å². The summed E-state index contributed by atoms with van der Waals surface area (Å²) in [6.07, 6.45) is 19.1. The molecule has 2 aliphatic rings. The molecule has 2 saturated carbocycles. The van der Waals surface area contributed by atoms with Crippen LogP contribution in [-0.2, 0) is 9.53 Å². The molecule has 6 nitrogen and oxygen atoms in total. The van der Waals surface area contributed by atoms with Crippen LogP contribution in [0.3, 0.4) is 0 Å². The zero-order valence-electron chi connectivity index (χ0n) is 22.1. The zero-order valence-corrected chi connectivity index (χ0v) is 22.1. The van der Waals surface area contributed by atoms with Crippen molar-refractivity contribution in [1.29, 1.82) is 0 Å². The topological polar surface area (TPSA) is 78.9 Å². The minimum Gasteiger partial charge on any atom is -0.481 e. The smallest absolute Gasteiger partial charge is 0.317 e. The molecule has 0 radical (unpaired) electrons. The average Bonchev–Trinajstić information content (AvgIpc) is 2.84. The van der Waals surface area contributed by atoms with Gasteiger partial charge in [0.2, 0.25) is 0 Å². The van der Waals surface area contributed by atoms with Crippen molar-refractivity contribution < 1.29 is 19.4 Å². The molecule has 6 heteroatoms. The number of unbranched alkanes of at least 4 members (excludes halogenated alkanes) is 4. The van der Waals surface area contributed by atoms with Gasteiger partial charge in [-0.3, -0.25) is 4.79 Å². The number of hydrogen-bond acceptors (Lipinski definition) is 3. The van der Waals surface area contributed by atoms with Gasteiger partial charge < -0.3 is 20.1 Å². The third kappa shape index (κ3) is 11.4. The van der Waals surface area contributed by atoms with E-state index in [1.165, 1.54) is 51.4 Å². The number of carbonyl (C=O) groups is 2. The van der Waals surface area contributed by atoms with Crippen molar-refractivity contribution in [3.8, 4) is 0 Å². The molecule has 2 N–H and O–H groups in total. The first-order valence-electron chi connectivity index (χ1n) is 14.4. The highest BCUT2D eigenvalue weighted by Gasteiger charge is 2.25. The van der Waals surface area contributed by atoms with Crippen LogP contribution in [0.4, 0.5) is 4.79 Å². The van der Waals surface area contributed by atoms with Gasteiger partial charge in [-0.15, -0.1) is 0 Å². The van der Waals surface area contributed by atoms with E-state index < -0.39 is 5.97 Å². The number of ether oxygens (including phenoxy) is 1. The first kappa shape index (κ1) is 28.9. The summed E-state index contributed by atoms with van der Waals surface area (Å²) in [6, 6.07) is 0.424. The highest BCUT2D eigenvalue weighted by molar-refractivity contribution is 5.74. The Bertz CT molecular complexity index is 565. The number of hydrogen-bond donors (Lipinski definition) is 2. The van der Waals surface area contributed by atoms with E-state index in [0.717, 1.165) is 57.9 Å². The number of nitrogens with one attached hydrogen (secondary N) is 1. The Hall–Kier alpha value is -1.30. The average molecular weight is 481 g/mol. The predicted octanol–water partition coefficient (Wildman–Crippen LogP) is 6.77. The molecular weight excluding hydrogens is 428 g/mol. The van der Waals surface area contributed by atoms with Crippen LogP contribution in [0.2, 0.25) is 0 Å². The van der Waals surface area contributed by atoms with Gasteiger partial charge in [-0.1, -0.05) is 71.6 Å². The number of amides is 2. The summed E-state index contributed by atoms with van der Waals surface area (Å²) >= 11 is 0. The molecule has 0 aromatic heterocycles. The van der Waals surface area contributed by atoms with E-state index >= 15 is 0 Å². The highest BCUT2D eigenvalue weighted by Crippen LogP contribution is 2.31. The van der Waals surface area contributed by atoms with Crippen LogP contribution in [0.15, 0.2) is 0 Å². The van der Waals surface area contributed by atoms with Gasteiger partial charge in [-0.25, -0.2) is 4.79 Å². The van der Waals surface area contributed by atoms with Gasteiger partial charge in [-0.2, -0.15) is 0 Å². The SMILES string of the molecule is CCCCCCCN(CCO[C@@H]1CCC[C@H](CCC(CC)C(=O)O)C1)C(=O)NC1CCCCC1. The monoisotopic (exact) mass is 480 g/mol. The lowest BCUT2D eigenvalue weighted by atomic mass is 9.82. The first-order valence-corrected chi connectivity index (χ1v) is 14.4. The summed E-state index contributed by atoms with van der Waals surface area (Å²) in [5.74, 6) is -0.307. The molecule has 0 bridgehead atoms. The molecule has 0 heterocycles. The van der Waals surface area contributed by atoms with Crippen LogP contribution in [0.5, 0.6) is 0 Å². The normalized spacial score (nSPS) is 22.3. The second kappa shape index (κ2) is 17.2. The number of carboxylic acids is 1. The number of urea groups is 1. The maximum absolute atomic E-state index is 13.0. The second-order valence-electron chi connectivity index (χ2n) is 10.7. The van der Waals surface area contributed by atoms with E-state index in [1.54, 1.807) is 0 Å². The van der Waals surface area contributed by atoms with Crippen molar-refractivity contribution in [2.24, 2.45) is 11.8 Å². The molecule has 0 aromatic rings. The fraction of sp³-hybridized carbons (Fsp3) is 0.929. The Balaban J connectivity index is 1.75. The molecule has 2 aliphatic carbocycles. The lowest BCUT2D eigenvalue weighted by Crippen LogP contribution is -2.47. The number of aliphatic carboxylic acids is 1. The summed E-state index contributed by atoms with van der Waals surface area (Å²) < 4.78 is 6.27. The molecule has 2 rings (SSSR count). The largest absolute Gasteiger partial charge is 0.481 e. The molecule has 0 aromatic carbocycles. The molecule has 2 fully saturated rings. The van der Waals surface area contributed by atoms with Crippen molar-refractivity contribution in [1.82, 2.24) is 10.2 Å². The fourth-order valence-electron chi connectivity index (χ4n) is 5.66. The van der Waals surface area contributed by atoms with Gasteiger partial charge in [0.25, 0.3) is 0 Å². The molecular formula is C28H52N2O4. The van der Waals surface area contributed by atoms with E-state index in [1.807, 2.05) is 11.8 Å². The molecule has 2 amide bonds. The van der Waals surface area contributed by atoms with E-state index in [2.05, 4.69) is 12.2 Å². The van der Waals surface area contributed by atoms with Gasteiger partial charge >= 0.3 is 12.0 Å².